The summed E-state index contributed by atoms with van der Waals surface area (Å²) in [6.07, 6.45) is 1.40. The van der Waals surface area contributed by atoms with Crippen LogP contribution >= 0.6 is 11.6 Å². The van der Waals surface area contributed by atoms with Gasteiger partial charge in [0.1, 0.15) is 11.5 Å². The Morgan fingerprint density at radius 2 is 1.55 bits per heavy atom. The number of para-hydroxylation sites is 1. The normalized spacial score (nSPS) is 10.8. The zero-order chi connectivity index (χ0) is 23.0. The van der Waals surface area contributed by atoms with E-state index in [0.29, 0.717) is 27.6 Å². The lowest BCUT2D eigenvalue weighted by Crippen LogP contribution is -2.24. The summed E-state index contributed by atoms with van der Waals surface area (Å²) in [5.74, 6) is -0.0241. The molecular formula is C26H19ClN2O4. The fourth-order valence-electron chi connectivity index (χ4n) is 3.10. The molecule has 4 rings (SSSR count). The van der Waals surface area contributed by atoms with Gasteiger partial charge in [-0.1, -0.05) is 60.1 Å². The summed E-state index contributed by atoms with van der Waals surface area (Å²) in [5.41, 5.74) is 3.31. The molecule has 0 atom stereocenters. The van der Waals surface area contributed by atoms with Crippen molar-refractivity contribution in [2.45, 2.75) is 0 Å². The predicted molar refractivity (Wildman–Crippen MR) is 128 cm³/mol. The van der Waals surface area contributed by atoms with Gasteiger partial charge in [-0.25, -0.2) is 10.2 Å². The number of rotatable bonds is 7. The Kier molecular flexibility index (Phi) is 6.97. The summed E-state index contributed by atoms with van der Waals surface area (Å²) in [4.78, 5) is 24.5. The number of hydrogen-bond donors (Lipinski definition) is 1. The van der Waals surface area contributed by atoms with Gasteiger partial charge < -0.3 is 9.47 Å². The fourth-order valence-corrected chi connectivity index (χ4v) is 3.22. The summed E-state index contributed by atoms with van der Waals surface area (Å²) in [7, 11) is 0. The van der Waals surface area contributed by atoms with Crippen LogP contribution in [0.25, 0.3) is 10.8 Å². The van der Waals surface area contributed by atoms with Crippen LogP contribution in [0.3, 0.4) is 0 Å². The average Bonchev–Trinajstić information content (AvgIpc) is 2.84. The number of nitrogens with one attached hydrogen (secondary N) is 1. The predicted octanol–water partition coefficient (Wildman–Crippen LogP) is 5.24. The van der Waals surface area contributed by atoms with Crippen molar-refractivity contribution in [3.05, 3.63) is 107 Å². The molecule has 0 unspecified atom stereocenters. The van der Waals surface area contributed by atoms with E-state index >= 15 is 0 Å². The zero-order valence-electron chi connectivity index (χ0n) is 17.4. The number of halogens is 1. The Morgan fingerprint density at radius 3 is 2.39 bits per heavy atom. The Balaban J connectivity index is 1.36. The van der Waals surface area contributed by atoms with Gasteiger partial charge in [-0.3, -0.25) is 4.79 Å². The zero-order valence-corrected chi connectivity index (χ0v) is 18.2. The number of carbonyl (C=O) groups excluding carboxylic acids is 2. The standard InChI is InChI=1S/C26H19ClN2O4/c27-21-14-12-19(13-15-21)26(31)33-23-10-4-2-7-20(23)16-28-29-25(30)17-32-24-11-5-8-18-6-1-3-9-22(18)24/h1-16H,17H2,(H,29,30)/b28-16-. The third kappa shape index (κ3) is 5.75. The quantitative estimate of drug-likeness (QED) is 0.178. The van der Waals surface area contributed by atoms with Crippen LogP contribution in [0.5, 0.6) is 11.5 Å². The van der Waals surface area contributed by atoms with Gasteiger partial charge in [0, 0.05) is 16.0 Å². The van der Waals surface area contributed by atoms with Crippen LogP contribution in [0.15, 0.2) is 96.1 Å². The maximum absolute atomic E-state index is 12.4. The molecule has 0 bridgehead atoms. The highest BCUT2D eigenvalue weighted by Gasteiger charge is 2.11. The molecule has 0 heterocycles. The van der Waals surface area contributed by atoms with Crippen LogP contribution in [-0.2, 0) is 4.79 Å². The monoisotopic (exact) mass is 458 g/mol. The topological polar surface area (TPSA) is 77.0 Å². The molecule has 1 N–H and O–H groups in total. The molecule has 0 aliphatic rings. The van der Waals surface area contributed by atoms with Gasteiger partial charge in [-0.05, 0) is 47.9 Å². The van der Waals surface area contributed by atoms with Gasteiger partial charge in [0.25, 0.3) is 5.91 Å². The highest BCUT2D eigenvalue weighted by atomic mass is 35.5. The summed E-state index contributed by atoms with van der Waals surface area (Å²) >= 11 is 5.85. The molecule has 4 aromatic carbocycles. The Hall–Kier alpha value is -4.16. The molecule has 1 amide bonds. The minimum absolute atomic E-state index is 0.196. The first-order valence-electron chi connectivity index (χ1n) is 10.1. The van der Waals surface area contributed by atoms with Crippen LogP contribution in [0.2, 0.25) is 5.02 Å². The second kappa shape index (κ2) is 10.4. The van der Waals surface area contributed by atoms with Gasteiger partial charge in [-0.15, -0.1) is 0 Å². The maximum atomic E-state index is 12.4. The first-order valence-corrected chi connectivity index (χ1v) is 10.5. The van der Waals surface area contributed by atoms with Gasteiger partial charge >= 0.3 is 5.97 Å². The third-order valence-corrected chi connectivity index (χ3v) is 4.95. The largest absolute Gasteiger partial charge is 0.483 e. The van der Waals surface area contributed by atoms with Crippen LogP contribution in [-0.4, -0.2) is 24.7 Å². The van der Waals surface area contributed by atoms with E-state index in [9.17, 15) is 9.59 Å². The maximum Gasteiger partial charge on any atom is 0.343 e. The second-order valence-electron chi connectivity index (χ2n) is 6.99. The van der Waals surface area contributed by atoms with Crippen molar-refractivity contribution in [1.29, 1.82) is 0 Å². The number of hydrazone groups is 1. The summed E-state index contributed by atoms with van der Waals surface area (Å²) in [6.45, 7) is -0.196. The molecular weight excluding hydrogens is 440 g/mol. The Bertz CT molecular complexity index is 1310. The lowest BCUT2D eigenvalue weighted by Gasteiger charge is -2.09. The minimum Gasteiger partial charge on any atom is -0.483 e. The number of esters is 1. The number of ether oxygens (including phenoxy) is 2. The molecule has 0 saturated heterocycles. The highest BCUT2D eigenvalue weighted by Crippen LogP contribution is 2.25. The van der Waals surface area contributed by atoms with Crippen molar-refractivity contribution < 1.29 is 19.1 Å². The Morgan fingerprint density at radius 1 is 0.848 bits per heavy atom. The number of hydrogen-bond acceptors (Lipinski definition) is 5. The summed E-state index contributed by atoms with van der Waals surface area (Å²) in [6, 6.07) is 26.7. The smallest absolute Gasteiger partial charge is 0.343 e. The van der Waals surface area contributed by atoms with Crippen LogP contribution in [0, 0.1) is 0 Å². The molecule has 0 fully saturated rings. The fraction of sp³-hybridized carbons (Fsp3) is 0.0385. The minimum atomic E-state index is -0.528. The van der Waals surface area contributed by atoms with Crippen molar-refractivity contribution in [3.8, 4) is 11.5 Å². The Labute approximate surface area is 195 Å². The van der Waals surface area contributed by atoms with Crippen molar-refractivity contribution in [2.24, 2.45) is 5.10 Å². The molecule has 0 aliphatic heterocycles. The van der Waals surface area contributed by atoms with Gasteiger partial charge in [-0.2, -0.15) is 5.10 Å². The van der Waals surface area contributed by atoms with E-state index in [-0.39, 0.29) is 6.61 Å². The second-order valence-corrected chi connectivity index (χ2v) is 7.43. The van der Waals surface area contributed by atoms with Crippen molar-refractivity contribution in [3.63, 3.8) is 0 Å². The molecule has 0 spiro atoms. The molecule has 0 aliphatic carbocycles. The van der Waals surface area contributed by atoms with Crippen molar-refractivity contribution >= 4 is 40.5 Å². The van der Waals surface area contributed by atoms with E-state index in [1.54, 1.807) is 48.5 Å². The van der Waals surface area contributed by atoms with E-state index in [4.69, 9.17) is 21.1 Å². The third-order valence-electron chi connectivity index (χ3n) is 4.70. The van der Waals surface area contributed by atoms with E-state index in [1.165, 1.54) is 6.21 Å². The van der Waals surface area contributed by atoms with Gasteiger partial charge in [0.15, 0.2) is 6.61 Å². The number of benzene rings is 4. The van der Waals surface area contributed by atoms with E-state index < -0.39 is 11.9 Å². The number of fused-ring (bicyclic) bond motifs is 1. The average molecular weight is 459 g/mol. The molecule has 164 valence electrons. The van der Waals surface area contributed by atoms with Gasteiger partial charge in [0.05, 0.1) is 11.8 Å². The van der Waals surface area contributed by atoms with Crippen LogP contribution in [0.4, 0.5) is 0 Å². The van der Waals surface area contributed by atoms with Gasteiger partial charge in [0.2, 0.25) is 0 Å². The van der Waals surface area contributed by atoms with Crippen molar-refractivity contribution in [2.75, 3.05) is 6.61 Å². The molecule has 0 radical (unpaired) electrons. The molecule has 33 heavy (non-hydrogen) atoms. The van der Waals surface area contributed by atoms with Crippen LogP contribution < -0.4 is 14.9 Å². The van der Waals surface area contributed by atoms with E-state index in [1.807, 2.05) is 42.5 Å². The number of nitrogens with zero attached hydrogens (tertiary/aromatic N) is 1. The summed E-state index contributed by atoms with van der Waals surface area (Å²) in [5, 5.41) is 6.43. The summed E-state index contributed by atoms with van der Waals surface area (Å²) < 4.78 is 11.1. The molecule has 7 heteroatoms. The molecule has 4 aromatic rings. The lowest BCUT2D eigenvalue weighted by atomic mass is 10.1. The number of amides is 1. The molecule has 0 saturated carbocycles. The first kappa shape index (κ1) is 22.0. The SMILES string of the molecule is O=C(COc1cccc2ccccc12)N/N=C\c1ccccc1OC(=O)c1ccc(Cl)cc1. The molecule has 6 nitrogen and oxygen atoms in total. The molecule has 0 aromatic heterocycles. The highest BCUT2D eigenvalue weighted by molar-refractivity contribution is 6.30. The lowest BCUT2D eigenvalue weighted by molar-refractivity contribution is -0.123. The van der Waals surface area contributed by atoms with E-state index in [0.717, 1.165) is 10.8 Å². The van der Waals surface area contributed by atoms with Crippen molar-refractivity contribution in [1.82, 2.24) is 5.43 Å². The van der Waals surface area contributed by atoms with E-state index in [2.05, 4.69) is 10.5 Å². The van der Waals surface area contributed by atoms with Crippen LogP contribution in [0.1, 0.15) is 15.9 Å². The first-order chi connectivity index (χ1) is 16.1. The number of carbonyl (C=O) groups is 2.